The maximum absolute atomic E-state index is 12.1. The number of thioether (sulfide) groups is 1. The molecule has 1 saturated carbocycles. The van der Waals surface area contributed by atoms with Gasteiger partial charge < -0.3 is 5.32 Å². The van der Waals surface area contributed by atoms with Crippen molar-refractivity contribution < 1.29 is 9.59 Å². The first-order valence-corrected chi connectivity index (χ1v) is 8.86. The number of imidazole rings is 1. The van der Waals surface area contributed by atoms with Crippen molar-refractivity contribution in [2.75, 3.05) is 0 Å². The van der Waals surface area contributed by atoms with Crippen LogP contribution in [0, 0.1) is 0 Å². The number of carbonyl (C=O) groups is 2. The Morgan fingerprint density at radius 1 is 1.42 bits per heavy atom. The van der Waals surface area contributed by atoms with Crippen LogP contribution in [-0.4, -0.2) is 32.8 Å². The van der Waals surface area contributed by atoms with E-state index in [-0.39, 0.29) is 11.9 Å². The molecule has 0 unspecified atom stereocenters. The number of urea groups is 1. The monoisotopic (exact) mass is 364 g/mol. The molecule has 1 aliphatic carbocycles. The molecule has 0 radical (unpaired) electrons. The van der Waals surface area contributed by atoms with Crippen LogP contribution in [-0.2, 0) is 4.79 Å². The number of imide groups is 1. The summed E-state index contributed by atoms with van der Waals surface area (Å²) in [6, 6.07) is 7.15. The summed E-state index contributed by atoms with van der Waals surface area (Å²) in [4.78, 5) is 28.1. The number of rotatable bonds is 5. The van der Waals surface area contributed by atoms with Gasteiger partial charge in [-0.25, -0.2) is 9.78 Å². The molecule has 1 heterocycles. The van der Waals surface area contributed by atoms with Crippen molar-refractivity contribution >= 4 is 35.3 Å². The molecule has 1 aromatic heterocycles. The first-order chi connectivity index (χ1) is 11.5. The van der Waals surface area contributed by atoms with Crippen LogP contribution >= 0.6 is 23.4 Å². The zero-order chi connectivity index (χ0) is 17.1. The Morgan fingerprint density at radius 3 is 2.92 bits per heavy atom. The smallest absolute Gasteiger partial charge is 0.321 e. The van der Waals surface area contributed by atoms with Crippen LogP contribution in [0.4, 0.5) is 4.79 Å². The minimum Gasteiger partial charge on any atom is -0.335 e. The lowest BCUT2D eigenvalue weighted by molar-refractivity contribution is -0.119. The van der Waals surface area contributed by atoms with Crippen LogP contribution in [0.5, 0.6) is 0 Å². The zero-order valence-electron chi connectivity index (χ0n) is 13.0. The zero-order valence-corrected chi connectivity index (χ0v) is 14.6. The van der Waals surface area contributed by atoms with Gasteiger partial charge >= 0.3 is 6.03 Å². The Morgan fingerprint density at radius 2 is 2.21 bits per heavy atom. The van der Waals surface area contributed by atoms with Gasteiger partial charge in [0.1, 0.15) is 0 Å². The van der Waals surface area contributed by atoms with E-state index in [0.717, 1.165) is 18.5 Å². The van der Waals surface area contributed by atoms with Gasteiger partial charge in [0, 0.05) is 29.1 Å². The number of nitrogens with one attached hydrogen (secondary N) is 2. The molecular formula is C16H17ClN4O2S. The fraction of sp³-hybridized carbons (Fsp3) is 0.312. The number of halogens is 1. The van der Waals surface area contributed by atoms with Gasteiger partial charge in [0.15, 0.2) is 5.16 Å². The molecule has 1 aliphatic rings. The molecule has 24 heavy (non-hydrogen) atoms. The van der Waals surface area contributed by atoms with Gasteiger partial charge in [0.2, 0.25) is 5.91 Å². The van der Waals surface area contributed by atoms with Crippen molar-refractivity contribution in [2.24, 2.45) is 0 Å². The lowest BCUT2D eigenvalue weighted by Gasteiger charge is -2.13. The number of nitrogens with zero attached hydrogens (tertiary/aromatic N) is 2. The highest BCUT2D eigenvalue weighted by molar-refractivity contribution is 8.00. The third-order valence-electron chi connectivity index (χ3n) is 3.49. The second-order valence-electron chi connectivity index (χ2n) is 5.56. The average molecular weight is 365 g/mol. The SMILES string of the molecule is C[C@H](Sc1nccn1-c1cccc(Cl)c1)C(=O)NC(=O)NC1CC1. The van der Waals surface area contributed by atoms with Crippen LogP contribution in [0.15, 0.2) is 41.8 Å². The van der Waals surface area contributed by atoms with E-state index >= 15 is 0 Å². The summed E-state index contributed by atoms with van der Waals surface area (Å²) >= 11 is 7.30. The van der Waals surface area contributed by atoms with Crippen LogP contribution < -0.4 is 10.6 Å². The molecule has 2 N–H and O–H groups in total. The van der Waals surface area contributed by atoms with E-state index < -0.39 is 11.3 Å². The van der Waals surface area contributed by atoms with Crippen molar-refractivity contribution in [3.63, 3.8) is 0 Å². The van der Waals surface area contributed by atoms with E-state index in [0.29, 0.717) is 10.2 Å². The van der Waals surface area contributed by atoms with E-state index in [1.165, 1.54) is 11.8 Å². The van der Waals surface area contributed by atoms with E-state index in [9.17, 15) is 9.59 Å². The standard InChI is InChI=1S/C16H17ClN4O2S/c1-10(14(22)20-15(23)19-12-5-6-12)24-16-18-7-8-21(16)13-4-2-3-11(17)9-13/h2-4,7-10,12H,5-6H2,1H3,(H2,19,20,22,23)/t10-/m0/s1. The molecule has 3 amide bonds. The number of carbonyl (C=O) groups excluding carboxylic acids is 2. The second kappa shape index (κ2) is 7.27. The molecule has 1 atom stereocenters. The second-order valence-corrected chi connectivity index (χ2v) is 7.30. The van der Waals surface area contributed by atoms with Crippen LogP contribution in [0.25, 0.3) is 5.69 Å². The largest absolute Gasteiger partial charge is 0.335 e. The quantitative estimate of drug-likeness (QED) is 0.800. The molecule has 2 aromatic rings. The highest BCUT2D eigenvalue weighted by Crippen LogP contribution is 2.25. The Bertz CT molecular complexity index is 760. The third kappa shape index (κ3) is 4.30. The predicted octanol–water partition coefficient (Wildman–Crippen LogP) is 2.99. The van der Waals surface area contributed by atoms with Crippen molar-refractivity contribution in [1.82, 2.24) is 20.2 Å². The van der Waals surface area contributed by atoms with Crippen molar-refractivity contribution in [1.29, 1.82) is 0 Å². The van der Waals surface area contributed by atoms with Crippen molar-refractivity contribution in [3.05, 3.63) is 41.7 Å². The molecule has 126 valence electrons. The van der Waals surface area contributed by atoms with Gasteiger partial charge in [-0.1, -0.05) is 29.4 Å². The highest BCUT2D eigenvalue weighted by Gasteiger charge is 2.25. The van der Waals surface area contributed by atoms with Gasteiger partial charge in [0.05, 0.1) is 5.25 Å². The highest BCUT2D eigenvalue weighted by atomic mass is 35.5. The van der Waals surface area contributed by atoms with Crippen molar-refractivity contribution in [2.45, 2.75) is 36.2 Å². The summed E-state index contributed by atoms with van der Waals surface area (Å²) in [5.41, 5.74) is 0.863. The molecule has 0 bridgehead atoms. The molecule has 8 heteroatoms. The summed E-state index contributed by atoms with van der Waals surface area (Å²) in [5, 5.41) is 5.91. The van der Waals surface area contributed by atoms with E-state index in [1.54, 1.807) is 25.4 Å². The van der Waals surface area contributed by atoms with Crippen molar-refractivity contribution in [3.8, 4) is 5.69 Å². The summed E-state index contributed by atoms with van der Waals surface area (Å²) in [5.74, 6) is -0.348. The number of hydrogen-bond donors (Lipinski definition) is 2. The first-order valence-electron chi connectivity index (χ1n) is 7.60. The predicted molar refractivity (Wildman–Crippen MR) is 93.6 cm³/mol. The van der Waals surface area contributed by atoms with Crippen LogP contribution in [0.3, 0.4) is 0 Å². The van der Waals surface area contributed by atoms with Crippen LogP contribution in [0.1, 0.15) is 19.8 Å². The maximum atomic E-state index is 12.1. The van der Waals surface area contributed by atoms with E-state index in [1.807, 2.05) is 22.8 Å². The summed E-state index contributed by atoms with van der Waals surface area (Å²) in [6.45, 7) is 1.74. The molecule has 1 aromatic carbocycles. The molecule has 6 nitrogen and oxygen atoms in total. The lowest BCUT2D eigenvalue weighted by Crippen LogP contribution is -2.43. The average Bonchev–Trinajstić information content (AvgIpc) is 3.22. The fourth-order valence-electron chi connectivity index (χ4n) is 2.07. The number of aromatic nitrogens is 2. The normalized spacial score (nSPS) is 14.9. The van der Waals surface area contributed by atoms with Gasteiger partial charge in [-0.15, -0.1) is 0 Å². The van der Waals surface area contributed by atoms with Gasteiger partial charge in [-0.2, -0.15) is 0 Å². The Hall–Kier alpha value is -1.99. The Kier molecular flexibility index (Phi) is 5.11. The summed E-state index contributed by atoms with van der Waals surface area (Å²) in [6.07, 6.45) is 5.41. The third-order valence-corrected chi connectivity index (χ3v) is 4.81. The molecule has 0 saturated heterocycles. The fourth-order valence-corrected chi connectivity index (χ4v) is 3.14. The number of amides is 3. The molecule has 0 aliphatic heterocycles. The van der Waals surface area contributed by atoms with E-state index in [4.69, 9.17) is 11.6 Å². The number of benzene rings is 1. The van der Waals surface area contributed by atoms with E-state index in [2.05, 4.69) is 15.6 Å². The molecule has 1 fully saturated rings. The molecule has 3 rings (SSSR count). The molecule has 0 spiro atoms. The first kappa shape index (κ1) is 16.9. The molecular weight excluding hydrogens is 348 g/mol. The Balaban J connectivity index is 1.64. The summed E-state index contributed by atoms with van der Waals surface area (Å²) < 4.78 is 1.85. The lowest BCUT2D eigenvalue weighted by atomic mass is 10.3. The van der Waals surface area contributed by atoms with Gasteiger partial charge in [-0.3, -0.25) is 14.7 Å². The number of hydrogen-bond acceptors (Lipinski definition) is 4. The summed E-state index contributed by atoms with van der Waals surface area (Å²) in [7, 11) is 0. The van der Waals surface area contributed by atoms with Gasteiger partial charge in [-0.05, 0) is 38.0 Å². The van der Waals surface area contributed by atoms with Crippen LogP contribution in [0.2, 0.25) is 5.02 Å². The maximum Gasteiger partial charge on any atom is 0.321 e. The minimum absolute atomic E-state index is 0.211. The Labute approximate surface area is 149 Å². The minimum atomic E-state index is -0.463. The topological polar surface area (TPSA) is 76.0 Å². The van der Waals surface area contributed by atoms with Gasteiger partial charge in [0.25, 0.3) is 0 Å².